The van der Waals surface area contributed by atoms with Crippen LogP contribution in [0.2, 0.25) is 0 Å². The molecule has 4 atom stereocenters. The largest absolute Gasteiger partial charge is 0.371 e. The third-order valence-corrected chi connectivity index (χ3v) is 8.82. The van der Waals surface area contributed by atoms with Gasteiger partial charge in [-0.3, -0.25) is 14.4 Å². The van der Waals surface area contributed by atoms with Gasteiger partial charge in [-0.2, -0.15) is 0 Å². The predicted octanol–water partition coefficient (Wildman–Crippen LogP) is 2.80. The van der Waals surface area contributed by atoms with Crippen LogP contribution in [0.3, 0.4) is 0 Å². The molecule has 1 aromatic rings. The van der Waals surface area contributed by atoms with Gasteiger partial charge in [0.15, 0.2) is 11.6 Å². The fourth-order valence-corrected chi connectivity index (χ4v) is 7.48. The second-order valence-corrected chi connectivity index (χ2v) is 9.91. The summed E-state index contributed by atoms with van der Waals surface area (Å²) in [6.45, 7) is 4.96. The van der Waals surface area contributed by atoms with Crippen molar-refractivity contribution in [1.29, 1.82) is 0 Å². The molecule has 1 N–H and O–H groups in total. The van der Waals surface area contributed by atoms with Crippen LogP contribution < -0.4 is 5.32 Å². The van der Waals surface area contributed by atoms with Crippen molar-refractivity contribution >= 4 is 23.2 Å². The second-order valence-electron chi connectivity index (χ2n) is 9.91. The number of nitrogens with one attached hydrogen (secondary N) is 1. The number of para-hydroxylation sites is 1. The van der Waals surface area contributed by atoms with Gasteiger partial charge in [0.1, 0.15) is 11.1 Å². The number of benzene rings is 1. The highest BCUT2D eigenvalue weighted by Gasteiger charge is 2.79. The van der Waals surface area contributed by atoms with Crippen molar-refractivity contribution in [3.05, 3.63) is 29.8 Å². The van der Waals surface area contributed by atoms with Gasteiger partial charge in [0, 0.05) is 24.2 Å². The van der Waals surface area contributed by atoms with Gasteiger partial charge in [-0.15, -0.1) is 0 Å². The highest BCUT2D eigenvalue weighted by Crippen LogP contribution is 2.72. The highest BCUT2D eigenvalue weighted by molar-refractivity contribution is 6.15. The van der Waals surface area contributed by atoms with E-state index in [-0.39, 0.29) is 23.4 Å². The van der Waals surface area contributed by atoms with Crippen LogP contribution in [0, 0.1) is 16.7 Å². The van der Waals surface area contributed by atoms with Crippen LogP contribution >= 0.6 is 0 Å². The van der Waals surface area contributed by atoms with E-state index in [4.69, 9.17) is 0 Å². The Balaban J connectivity index is 1.55. The molecular weight excluding hydrogens is 340 g/mol. The number of piperidine rings is 2. The molecule has 5 heteroatoms. The zero-order valence-corrected chi connectivity index (χ0v) is 15.8. The summed E-state index contributed by atoms with van der Waals surface area (Å²) in [5, 5.41) is 3.55. The minimum absolute atomic E-state index is 0.0512. The third-order valence-electron chi connectivity index (χ3n) is 8.82. The van der Waals surface area contributed by atoms with E-state index in [1.165, 1.54) is 0 Å². The molecule has 0 radical (unpaired) electrons. The summed E-state index contributed by atoms with van der Waals surface area (Å²) in [7, 11) is 0. The Morgan fingerprint density at radius 2 is 1.93 bits per heavy atom. The smallest absolute Gasteiger partial charge is 0.230 e. The van der Waals surface area contributed by atoms with E-state index in [1.807, 2.05) is 29.2 Å². The van der Waals surface area contributed by atoms with E-state index >= 15 is 0 Å². The lowest BCUT2D eigenvalue weighted by Crippen LogP contribution is -2.70. The number of carbonyl (C=O) groups is 3. The first kappa shape index (κ1) is 15.8. The zero-order chi connectivity index (χ0) is 18.8. The number of ketones is 2. The maximum atomic E-state index is 13.7. The number of fused-ring (bicyclic) bond motifs is 2. The Morgan fingerprint density at radius 1 is 1.15 bits per heavy atom. The Morgan fingerprint density at radius 3 is 2.70 bits per heavy atom. The summed E-state index contributed by atoms with van der Waals surface area (Å²) in [6, 6.07) is 7.64. The molecular formula is C22H24N2O3. The molecule has 2 bridgehead atoms. The molecule has 6 aliphatic rings. The van der Waals surface area contributed by atoms with Gasteiger partial charge in [-0.1, -0.05) is 26.0 Å². The van der Waals surface area contributed by atoms with Crippen molar-refractivity contribution in [3.63, 3.8) is 0 Å². The molecule has 5 nitrogen and oxygen atoms in total. The summed E-state index contributed by atoms with van der Waals surface area (Å²) in [6.07, 6.45) is 3.16. The first-order chi connectivity index (χ1) is 12.8. The zero-order valence-electron chi connectivity index (χ0n) is 15.8. The molecule has 7 rings (SSSR count). The average Bonchev–Trinajstić information content (AvgIpc) is 3.24. The average molecular weight is 364 g/mol. The Hall–Kier alpha value is -2.17. The van der Waals surface area contributed by atoms with Crippen LogP contribution in [0.25, 0.3) is 0 Å². The molecule has 3 saturated heterocycles. The van der Waals surface area contributed by atoms with Gasteiger partial charge in [-0.05, 0) is 49.1 Å². The molecule has 3 spiro atoms. The van der Waals surface area contributed by atoms with Gasteiger partial charge in [0.05, 0.1) is 5.41 Å². The van der Waals surface area contributed by atoms with Crippen molar-refractivity contribution < 1.29 is 14.4 Å². The fourth-order valence-electron chi connectivity index (χ4n) is 7.48. The van der Waals surface area contributed by atoms with Crippen LogP contribution in [0.1, 0.15) is 56.3 Å². The topological polar surface area (TPSA) is 66.5 Å². The first-order valence-corrected chi connectivity index (χ1v) is 10.1. The second kappa shape index (κ2) is 4.29. The van der Waals surface area contributed by atoms with Crippen molar-refractivity contribution in [2.75, 3.05) is 11.9 Å². The minimum Gasteiger partial charge on any atom is -0.371 e. The lowest BCUT2D eigenvalue weighted by atomic mass is 9.53. The van der Waals surface area contributed by atoms with E-state index in [1.54, 1.807) is 0 Å². The number of carbonyl (C=O) groups excluding carboxylic acids is 3. The third kappa shape index (κ3) is 1.41. The van der Waals surface area contributed by atoms with E-state index in [2.05, 4.69) is 19.2 Å². The number of hydrogen-bond donors (Lipinski definition) is 1. The maximum absolute atomic E-state index is 13.7. The predicted molar refractivity (Wildman–Crippen MR) is 99.4 cm³/mol. The van der Waals surface area contributed by atoms with Crippen LogP contribution in [0.15, 0.2) is 24.3 Å². The van der Waals surface area contributed by atoms with Crippen molar-refractivity contribution in [2.45, 2.75) is 57.0 Å². The number of anilines is 1. The van der Waals surface area contributed by atoms with Crippen LogP contribution in [-0.2, 0) is 9.59 Å². The van der Waals surface area contributed by atoms with Crippen molar-refractivity contribution in [2.24, 2.45) is 16.7 Å². The van der Waals surface area contributed by atoms with Gasteiger partial charge in [0.25, 0.3) is 0 Å². The lowest BCUT2D eigenvalue weighted by Gasteiger charge is -2.58. The SMILES string of the molecule is CC1(C)C2CC34CCCN3C(=O)C2(CC4=O)CC12Nc1ccccc1C2=O. The molecule has 140 valence electrons. The van der Waals surface area contributed by atoms with Gasteiger partial charge in [-0.25, -0.2) is 0 Å². The quantitative estimate of drug-likeness (QED) is 0.769. The monoisotopic (exact) mass is 364 g/mol. The number of amides is 1. The fraction of sp³-hybridized carbons (Fsp3) is 0.591. The number of hydrogen-bond acceptors (Lipinski definition) is 4. The summed E-state index contributed by atoms with van der Waals surface area (Å²) >= 11 is 0. The first-order valence-electron chi connectivity index (χ1n) is 10.1. The summed E-state index contributed by atoms with van der Waals surface area (Å²) in [4.78, 5) is 42.3. The molecule has 5 fully saturated rings. The van der Waals surface area contributed by atoms with E-state index in [0.717, 1.165) is 24.9 Å². The lowest BCUT2D eigenvalue weighted by molar-refractivity contribution is -0.180. The summed E-state index contributed by atoms with van der Waals surface area (Å²) < 4.78 is 0. The molecule has 1 aromatic carbocycles. The molecule has 2 aliphatic carbocycles. The Labute approximate surface area is 158 Å². The highest BCUT2D eigenvalue weighted by atomic mass is 16.2. The van der Waals surface area contributed by atoms with Crippen molar-refractivity contribution in [1.82, 2.24) is 4.90 Å². The van der Waals surface area contributed by atoms with Gasteiger partial charge >= 0.3 is 0 Å². The number of Topliss-reactive ketones (excluding diaryl/α,β-unsaturated/α-hetero) is 2. The molecule has 4 unspecified atom stereocenters. The normalized spacial score (nSPS) is 43.1. The summed E-state index contributed by atoms with van der Waals surface area (Å²) in [5.74, 6) is 0.501. The van der Waals surface area contributed by atoms with Crippen LogP contribution in [-0.4, -0.2) is 40.0 Å². The Kier molecular flexibility index (Phi) is 2.52. The molecule has 27 heavy (non-hydrogen) atoms. The Bertz CT molecular complexity index is 953. The van der Waals surface area contributed by atoms with Crippen LogP contribution in [0.5, 0.6) is 0 Å². The van der Waals surface area contributed by atoms with Gasteiger partial charge in [0.2, 0.25) is 5.91 Å². The molecule has 2 saturated carbocycles. The molecule has 1 amide bonds. The standard InChI is InChI=1S/C22H24N2O3/c1-19(2)15-10-21-8-5-9-24(21)18(27)20(15,11-16(21)25)12-22(19)17(26)13-6-3-4-7-14(13)23-22/h3-4,6-7,15,23H,5,8-12H2,1-2H3. The molecule has 4 heterocycles. The van der Waals surface area contributed by atoms with E-state index in [0.29, 0.717) is 24.9 Å². The summed E-state index contributed by atoms with van der Waals surface area (Å²) in [5.41, 5.74) is -0.952. The van der Waals surface area contributed by atoms with Gasteiger partial charge < -0.3 is 10.2 Å². The van der Waals surface area contributed by atoms with E-state index in [9.17, 15) is 14.4 Å². The minimum atomic E-state index is -0.803. The maximum Gasteiger partial charge on any atom is 0.230 e. The van der Waals surface area contributed by atoms with E-state index < -0.39 is 21.9 Å². The van der Waals surface area contributed by atoms with Crippen LogP contribution in [0.4, 0.5) is 5.69 Å². The molecule has 4 aliphatic heterocycles. The van der Waals surface area contributed by atoms with Crippen molar-refractivity contribution in [3.8, 4) is 0 Å². The number of rotatable bonds is 0. The number of nitrogens with zero attached hydrogens (tertiary/aromatic N) is 1. The molecule has 0 aromatic heterocycles.